The van der Waals surface area contributed by atoms with E-state index < -0.39 is 36.6 Å². The number of nitro benzene ring substituents is 1. The second-order valence-electron chi connectivity index (χ2n) is 11.0. The van der Waals surface area contributed by atoms with Crippen LogP contribution in [0, 0.1) is 10.1 Å². The van der Waals surface area contributed by atoms with Gasteiger partial charge in [-0.15, -0.1) is 0 Å². The number of dihydropyridines is 1. The van der Waals surface area contributed by atoms with Crippen molar-refractivity contribution >= 4 is 19.3 Å². The fraction of sp³-hybridized carbons (Fsp3) is 0.469. The van der Waals surface area contributed by atoms with Gasteiger partial charge in [-0.05, 0) is 58.7 Å². The van der Waals surface area contributed by atoms with E-state index in [1.807, 2.05) is 70.0 Å². The Labute approximate surface area is 254 Å². The van der Waals surface area contributed by atoms with E-state index in [4.69, 9.17) is 13.8 Å². The molecule has 0 fully saturated rings. The SMILES string of the molecule is CCC(C)OP(=O)(OC(C)CC)C1=C(C)NC(C)=C(C(=O)OCCN(C)Cc2ccccc2)C1c1cccc([N+](=O)[O-])c1. The lowest BCUT2D eigenvalue weighted by molar-refractivity contribution is -0.384. The molecule has 2 aromatic rings. The van der Waals surface area contributed by atoms with Crippen molar-refractivity contribution in [3.05, 3.63) is 98.1 Å². The molecule has 0 aromatic heterocycles. The highest BCUT2D eigenvalue weighted by Crippen LogP contribution is 2.65. The lowest BCUT2D eigenvalue weighted by Crippen LogP contribution is -2.31. The van der Waals surface area contributed by atoms with Crippen LogP contribution in [0.25, 0.3) is 0 Å². The van der Waals surface area contributed by atoms with E-state index in [0.29, 0.717) is 42.9 Å². The van der Waals surface area contributed by atoms with Crippen molar-refractivity contribution in [3.63, 3.8) is 0 Å². The number of nitro groups is 1. The minimum Gasteiger partial charge on any atom is -0.461 e. The quantitative estimate of drug-likeness (QED) is 0.0956. The minimum atomic E-state index is -4.04. The number of nitrogens with one attached hydrogen (secondary N) is 1. The molecule has 1 aliphatic rings. The van der Waals surface area contributed by atoms with Crippen molar-refractivity contribution in [2.75, 3.05) is 20.2 Å². The molecule has 43 heavy (non-hydrogen) atoms. The van der Waals surface area contributed by atoms with Crippen molar-refractivity contribution in [1.29, 1.82) is 0 Å². The summed E-state index contributed by atoms with van der Waals surface area (Å²) in [7, 11) is -2.10. The molecular formula is C32H44N3O7P. The molecule has 2 aromatic carbocycles. The molecule has 0 saturated heterocycles. The lowest BCUT2D eigenvalue weighted by atomic mass is 9.86. The van der Waals surface area contributed by atoms with E-state index in [-0.39, 0.29) is 23.2 Å². The van der Waals surface area contributed by atoms with Crippen molar-refractivity contribution in [3.8, 4) is 0 Å². The highest BCUT2D eigenvalue weighted by molar-refractivity contribution is 7.58. The molecule has 0 aliphatic carbocycles. The molecular weight excluding hydrogens is 569 g/mol. The molecule has 0 bridgehead atoms. The third-order valence-corrected chi connectivity index (χ3v) is 9.90. The molecule has 10 nitrogen and oxygen atoms in total. The maximum Gasteiger partial charge on any atom is 0.360 e. The van der Waals surface area contributed by atoms with Crippen molar-refractivity contribution in [1.82, 2.24) is 10.2 Å². The van der Waals surface area contributed by atoms with Crippen LogP contribution in [0.4, 0.5) is 5.69 Å². The number of hydrogen-bond donors (Lipinski definition) is 1. The number of esters is 1. The molecule has 1 aliphatic heterocycles. The summed E-state index contributed by atoms with van der Waals surface area (Å²) < 4.78 is 32.9. The third-order valence-electron chi connectivity index (χ3n) is 7.44. The van der Waals surface area contributed by atoms with Gasteiger partial charge in [-0.3, -0.25) is 19.6 Å². The van der Waals surface area contributed by atoms with Crippen LogP contribution in [0.2, 0.25) is 0 Å². The molecule has 1 N–H and O–H groups in total. The molecule has 0 amide bonds. The smallest absolute Gasteiger partial charge is 0.360 e. The highest BCUT2D eigenvalue weighted by Gasteiger charge is 2.46. The fourth-order valence-electron chi connectivity index (χ4n) is 4.87. The van der Waals surface area contributed by atoms with Crippen LogP contribution in [-0.2, 0) is 29.7 Å². The Morgan fingerprint density at radius 2 is 1.65 bits per heavy atom. The zero-order valence-electron chi connectivity index (χ0n) is 26.2. The normalized spacial score (nSPS) is 18.2. The number of non-ortho nitro benzene ring substituents is 1. The Balaban J connectivity index is 2.02. The van der Waals surface area contributed by atoms with Gasteiger partial charge in [0, 0.05) is 36.6 Å². The zero-order chi connectivity index (χ0) is 31.7. The summed E-state index contributed by atoms with van der Waals surface area (Å²) in [6.07, 6.45) is 0.331. The Hall–Kier alpha value is -3.30. The maximum atomic E-state index is 14.8. The van der Waals surface area contributed by atoms with Crippen molar-refractivity contribution in [2.45, 2.75) is 79.1 Å². The third kappa shape index (κ3) is 8.86. The number of hydrogen-bond acceptors (Lipinski definition) is 9. The molecule has 0 saturated carbocycles. The lowest BCUT2D eigenvalue weighted by Gasteiger charge is -2.36. The van der Waals surface area contributed by atoms with Gasteiger partial charge in [0.15, 0.2) is 0 Å². The summed E-state index contributed by atoms with van der Waals surface area (Å²) in [6, 6.07) is 16.0. The van der Waals surface area contributed by atoms with Gasteiger partial charge < -0.3 is 19.1 Å². The van der Waals surface area contributed by atoms with Crippen LogP contribution in [0.5, 0.6) is 0 Å². The molecule has 234 valence electrons. The van der Waals surface area contributed by atoms with Gasteiger partial charge in [0.2, 0.25) is 0 Å². The second-order valence-corrected chi connectivity index (χ2v) is 12.9. The predicted octanol–water partition coefficient (Wildman–Crippen LogP) is 7.29. The van der Waals surface area contributed by atoms with Crippen LogP contribution in [-0.4, -0.2) is 48.2 Å². The standard InChI is InChI=1S/C32H44N3O7P/c1-8-22(3)41-43(39,42-23(4)9-2)31-25(6)33-24(5)29(30(31)27-16-13-17-28(20-27)35(37)38)32(36)40-19-18-34(7)21-26-14-11-10-12-15-26/h10-17,20,22-23,30,33H,8-9,18-19,21H2,1-7H3. The number of carbonyl (C=O) groups is 1. The number of benzene rings is 2. The average Bonchev–Trinajstić information content (AvgIpc) is 2.96. The van der Waals surface area contributed by atoms with E-state index >= 15 is 0 Å². The van der Waals surface area contributed by atoms with Crippen molar-refractivity contribution in [2.24, 2.45) is 0 Å². The Bertz CT molecular complexity index is 1380. The van der Waals surface area contributed by atoms with Gasteiger partial charge in [-0.25, -0.2) is 4.79 Å². The highest BCUT2D eigenvalue weighted by atomic mass is 31.2. The van der Waals surface area contributed by atoms with E-state index in [9.17, 15) is 19.5 Å². The van der Waals surface area contributed by atoms with E-state index in [1.165, 1.54) is 12.1 Å². The molecule has 3 rings (SSSR count). The summed E-state index contributed by atoms with van der Waals surface area (Å²) in [5.41, 5.74) is 2.61. The molecule has 11 heteroatoms. The van der Waals surface area contributed by atoms with E-state index in [2.05, 4.69) is 5.32 Å². The Kier molecular flexibility index (Phi) is 12.3. The molecule has 1 heterocycles. The molecule has 3 atom stereocenters. The van der Waals surface area contributed by atoms with Gasteiger partial charge in [0.25, 0.3) is 5.69 Å². The first kappa shape index (κ1) is 34.2. The predicted molar refractivity (Wildman–Crippen MR) is 167 cm³/mol. The van der Waals surface area contributed by atoms with Crippen LogP contribution in [0.3, 0.4) is 0 Å². The number of rotatable bonds is 15. The van der Waals surface area contributed by atoms with Crippen LogP contribution >= 0.6 is 7.60 Å². The van der Waals surface area contributed by atoms with E-state index in [1.54, 1.807) is 26.0 Å². The number of ether oxygens (including phenoxy) is 1. The molecule has 0 spiro atoms. The summed E-state index contributed by atoms with van der Waals surface area (Å²) in [5, 5.41) is 15.2. The average molecular weight is 614 g/mol. The fourth-order valence-corrected chi connectivity index (χ4v) is 7.45. The largest absolute Gasteiger partial charge is 0.461 e. The Morgan fingerprint density at radius 3 is 2.23 bits per heavy atom. The van der Waals surface area contributed by atoms with E-state index in [0.717, 1.165) is 5.56 Å². The van der Waals surface area contributed by atoms with Crippen LogP contribution in [0.1, 0.15) is 71.4 Å². The summed E-state index contributed by atoms with van der Waals surface area (Å²) >= 11 is 0. The van der Waals surface area contributed by atoms with Gasteiger partial charge >= 0.3 is 13.6 Å². The second kappa shape index (κ2) is 15.4. The first-order valence-electron chi connectivity index (χ1n) is 14.7. The number of carbonyl (C=O) groups excluding carboxylic acids is 1. The number of nitrogens with zero attached hydrogens (tertiary/aromatic N) is 2. The van der Waals surface area contributed by atoms with Gasteiger partial charge in [-0.2, -0.15) is 0 Å². The summed E-state index contributed by atoms with van der Waals surface area (Å²) in [6.45, 7) is 12.2. The zero-order valence-corrected chi connectivity index (χ0v) is 27.1. The number of allylic oxidation sites excluding steroid dienone is 3. The molecule has 0 radical (unpaired) electrons. The van der Waals surface area contributed by atoms with Gasteiger partial charge in [-0.1, -0.05) is 56.3 Å². The minimum absolute atomic E-state index is 0.114. The van der Waals surface area contributed by atoms with Gasteiger partial charge in [0.05, 0.1) is 33.9 Å². The maximum absolute atomic E-state index is 14.8. The van der Waals surface area contributed by atoms with Crippen LogP contribution < -0.4 is 5.32 Å². The summed E-state index contributed by atoms with van der Waals surface area (Å²) in [4.78, 5) is 27.1. The molecule has 3 unspecified atom stereocenters. The van der Waals surface area contributed by atoms with Gasteiger partial charge in [0.1, 0.15) is 6.61 Å². The monoisotopic (exact) mass is 613 g/mol. The topological polar surface area (TPSA) is 120 Å². The number of likely N-dealkylation sites (N-methyl/N-ethyl adjacent to an activating group) is 1. The van der Waals surface area contributed by atoms with Crippen LogP contribution in [0.15, 0.2) is 76.9 Å². The first-order valence-corrected chi connectivity index (χ1v) is 16.2. The summed E-state index contributed by atoms with van der Waals surface area (Å²) in [5.74, 6) is -1.58. The Morgan fingerprint density at radius 1 is 1.02 bits per heavy atom. The van der Waals surface area contributed by atoms with Crippen molar-refractivity contribution < 1.29 is 28.1 Å². The first-order chi connectivity index (χ1) is 20.4.